The van der Waals surface area contributed by atoms with Crippen molar-refractivity contribution in [1.82, 2.24) is 14.8 Å². The number of fused-ring (bicyclic) bond motifs is 1. The van der Waals surface area contributed by atoms with E-state index in [4.69, 9.17) is 10.4 Å². The summed E-state index contributed by atoms with van der Waals surface area (Å²) >= 11 is 0. The quantitative estimate of drug-likeness (QED) is 0.860. The van der Waals surface area contributed by atoms with Crippen molar-refractivity contribution in [3.8, 4) is 6.07 Å². The molecule has 1 aliphatic rings. The fourth-order valence-corrected chi connectivity index (χ4v) is 2.60. The Kier molecular flexibility index (Phi) is 4.04. The number of hydrogen-bond donors (Lipinski definition) is 2. The van der Waals surface area contributed by atoms with Crippen molar-refractivity contribution in [2.24, 2.45) is 0 Å². The summed E-state index contributed by atoms with van der Waals surface area (Å²) in [6.45, 7) is 1.84. The molecule has 0 spiro atoms. The third-order valence-corrected chi connectivity index (χ3v) is 3.72. The van der Waals surface area contributed by atoms with Gasteiger partial charge in [0, 0.05) is 13.1 Å². The van der Waals surface area contributed by atoms with Crippen molar-refractivity contribution in [3.63, 3.8) is 0 Å². The summed E-state index contributed by atoms with van der Waals surface area (Å²) in [6.07, 6.45) is -0.0603. The van der Waals surface area contributed by atoms with Crippen LogP contribution in [-0.2, 0) is 13.1 Å². The average Bonchev–Trinajstić information content (AvgIpc) is 2.86. The Bertz CT molecular complexity index is 706. The van der Waals surface area contributed by atoms with Gasteiger partial charge in [0.25, 0.3) is 0 Å². The molecule has 0 unspecified atom stereocenters. The number of nitrogens with zero attached hydrogens (tertiary/aromatic N) is 5. The first-order valence-electron chi connectivity index (χ1n) is 7.19. The highest BCUT2D eigenvalue weighted by Gasteiger charge is 2.20. The standard InChI is InChI=1S/C15H17N5O2/c16-8-11-3-1-4-15(17-11)19-5-2-6-20-12(9-19)7-13(18-20)14(22)10-21/h1,3-4,7,14,21-22H,2,5-6,9-10H2/t14-/m1/s1. The van der Waals surface area contributed by atoms with Crippen LogP contribution in [0.4, 0.5) is 5.82 Å². The molecule has 0 aromatic carbocycles. The number of aliphatic hydroxyl groups is 2. The molecule has 1 atom stereocenters. The van der Waals surface area contributed by atoms with E-state index in [-0.39, 0.29) is 6.61 Å². The van der Waals surface area contributed by atoms with Crippen LogP contribution in [0.3, 0.4) is 0 Å². The van der Waals surface area contributed by atoms with Crippen LogP contribution in [0, 0.1) is 11.3 Å². The number of rotatable bonds is 3. The second-order valence-corrected chi connectivity index (χ2v) is 5.25. The highest BCUT2D eigenvalue weighted by Crippen LogP contribution is 2.21. The van der Waals surface area contributed by atoms with E-state index in [0.717, 1.165) is 31.0 Å². The van der Waals surface area contributed by atoms with Crippen LogP contribution in [-0.4, -0.2) is 38.1 Å². The van der Waals surface area contributed by atoms with Crippen LogP contribution in [0.15, 0.2) is 24.3 Å². The molecule has 1 aliphatic heterocycles. The van der Waals surface area contributed by atoms with Gasteiger partial charge in [0.2, 0.25) is 0 Å². The maximum absolute atomic E-state index is 9.71. The summed E-state index contributed by atoms with van der Waals surface area (Å²) < 4.78 is 1.86. The van der Waals surface area contributed by atoms with Gasteiger partial charge in [0.05, 0.1) is 24.5 Å². The van der Waals surface area contributed by atoms with E-state index in [2.05, 4.69) is 21.1 Å². The van der Waals surface area contributed by atoms with E-state index in [1.54, 1.807) is 6.07 Å². The highest BCUT2D eigenvalue weighted by atomic mass is 16.3. The maximum Gasteiger partial charge on any atom is 0.142 e. The molecule has 0 fully saturated rings. The fraction of sp³-hybridized carbons (Fsp3) is 0.400. The van der Waals surface area contributed by atoms with Crippen molar-refractivity contribution < 1.29 is 10.2 Å². The van der Waals surface area contributed by atoms with Gasteiger partial charge in [-0.3, -0.25) is 4.68 Å². The Morgan fingerprint density at radius 1 is 1.36 bits per heavy atom. The first-order valence-corrected chi connectivity index (χ1v) is 7.19. The summed E-state index contributed by atoms with van der Waals surface area (Å²) in [4.78, 5) is 6.43. The number of nitriles is 1. The lowest BCUT2D eigenvalue weighted by molar-refractivity contribution is 0.0916. The third-order valence-electron chi connectivity index (χ3n) is 3.72. The molecule has 3 rings (SSSR count). The number of aryl methyl sites for hydroxylation is 1. The van der Waals surface area contributed by atoms with E-state index in [0.29, 0.717) is 17.9 Å². The van der Waals surface area contributed by atoms with Crippen molar-refractivity contribution >= 4 is 5.82 Å². The zero-order valence-corrected chi connectivity index (χ0v) is 12.1. The van der Waals surface area contributed by atoms with Gasteiger partial charge in [0.15, 0.2) is 0 Å². The summed E-state index contributed by atoms with van der Waals surface area (Å²) in [5.74, 6) is 0.762. The molecule has 2 N–H and O–H groups in total. The Morgan fingerprint density at radius 3 is 3.00 bits per heavy atom. The minimum absolute atomic E-state index is 0.341. The molecule has 3 heterocycles. The molecule has 0 saturated heterocycles. The van der Waals surface area contributed by atoms with Gasteiger partial charge in [-0.05, 0) is 24.6 Å². The topological polar surface area (TPSA) is 98.2 Å². The highest BCUT2D eigenvalue weighted by molar-refractivity contribution is 5.42. The number of aromatic nitrogens is 3. The lowest BCUT2D eigenvalue weighted by Gasteiger charge is -2.21. The summed E-state index contributed by atoms with van der Waals surface area (Å²) in [5, 5.41) is 32.1. The Labute approximate surface area is 128 Å². The maximum atomic E-state index is 9.71. The predicted molar refractivity (Wildman–Crippen MR) is 78.9 cm³/mol. The van der Waals surface area contributed by atoms with Crippen LogP contribution >= 0.6 is 0 Å². The molecule has 7 heteroatoms. The van der Waals surface area contributed by atoms with Gasteiger partial charge in [-0.25, -0.2) is 4.98 Å². The molecular formula is C15H17N5O2. The minimum Gasteiger partial charge on any atom is -0.393 e. The van der Waals surface area contributed by atoms with Crippen molar-refractivity contribution in [2.45, 2.75) is 25.6 Å². The largest absolute Gasteiger partial charge is 0.393 e. The number of aliphatic hydroxyl groups excluding tert-OH is 2. The van der Waals surface area contributed by atoms with Gasteiger partial charge >= 0.3 is 0 Å². The van der Waals surface area contributed by atoms with Crippen molar-refractivity contribution in [3.05, 3.63) is 41.3 Å². The van der Waals surface area contributed by atoms with E-state index in [1.807, 2.05) is 22.9 Å². The van der Waals surface area contributed by atoms with Crippen LogP contribution in [0.5, 0.6) is 0 Å². The van der Waals surface area contributed by atoms with Gasteiger partial charge in [-0.1, -0.05) is 6.07 Å². The summed E-state index contributed by atoms with van der Waals surface area (Å²) in [7, 11) is 0. The SMILES string of the molecule is N#Cc1cccc(N2CCCn3nc([C@H](O)CO)cc3C2)n1. The molecule has 0 amide bonds. The zero-order valence-electron chi connectivity index (χ0n) is 12.1. The van der Waals surface area contributed by atoms with Gasteiger partial charge in [-0.15, -0.1) is 0 Å². The molecule has 7 nitrogen and oxygen atoms in total. The second kappa shape index (κ2) is 6.13. The normalized spacial score (nSPS) is 15.8. The Hall–Kier alpha value is -2.43. The van der Waals surface area contributed by atoms with Crippen LogP contribution in [0.25, 0.3) is 0 Å². The number of pyridine rings is 1. The van der Waals surface area contributed by atoms with Crippen LogP contribution in [0.1, 0.15) is 29.6 Å². The lowest BCUT2D eigenvalue weighted by atomic mass is 10.2. The first-order chi connectivity index (χ1) is 10.7. The molecule has 0 aliphatic carbocycles. The first kappa shape index (κ1) is 14.5. The monoisotopic (exact) mass is 299 g/mol. The van der Waals surface area contributed by atoms with E-state index >= 15 is 0 Å². The Morgan fingerprint density at radius 2 is 2.23 bits per heavy atom. The summed E-state index contributed by atoms with van der Waals surface area (Å²) in [5.41, 5.74) is 1.84. The van der Waals surface area contributed by atoms with Crippen molar-refractivity contribution in [2.75, 3.05) is 18.1 Å². The molecule has 22 heavy (non-hydrogen) atoms. The Balaban J connectivity index is 1.87. The zero-order chi connectivity index (χ0) is 15.5. The van der Waals surface area contributed by atoms with Crippen LogP contribution in [0.2, 0.25) is 0 Å². The van der Waals surface area contributed by atoms with Gasteiger partial charge < -0.3 is 15.1 Å². The smallest absolute Gasteiger partial charge is 0.142 e. The molecular weight excluding hydrogens is 282 g/mol. The van der Waals surface area contributed by atoms with E-state index in [9.17, 15) is 5.11 Å². The van der Waals surface area contributed by atoms with E-state index in [1.165, 1.54) is 0 Å². The molecule has 0 bridgehead atoms. The second-order valence-electron chi connectivity index (χ2n) is 5.25. The van der Waals surface area contributed by atoms with Crippen molar-refractivity contribution in [1.29, 1.82) is 5.26 Å². The molecule has 114 valence electrons. The van der Waals surface area contributed by atoms with Crippen LogP contribution < -0.4 is 4.90 Å². The minimum atomic E-state index is -0.951. The molecule has 0 saturated carbocycles. The lowest BCUT2D eigenvalue weighted by Crippen LogP contribution is -2.23. The fourth-order valence-electron chi connectivity index (χ4n) is 2.60. The number of hydrogen-bond acceptors (Lipinski definition) is 6. The molecule has 0 radical (unpaired) electrons. The number of anilines is 1. The average molecular weight is 299 g/mol. The van der Waals surface area contributed by atoms with Gasteiger partial charge in [0.1, 0.15) is 23.7 Å². The third kappa shape index (κ3) is 2.79. The molecule has 2 aromatic rings. The summed E-state index contributed by atoms with van der Waals surface area (Å²) in [6, 6.07) is 9.26. The molecule has 2 aromatic heterocycles. The van der Waals surface area contributed by atoms with Gasteiger partial charge in [-0.2, -0.15) is 10.4 Å². The van der Waals surface area contributed by atoms with E-state index < -0.39 is 6.10 Å². The predicted octanol–water partition coefficient (Wildman–Crippen LogP) is 0.586.